The Kier molecular flexibility index (Phi) is 2.45. The van der Waals surface area contributed by atoms with Crippen LogP contribution in [0.4, 0.5) is 0 Å². The zero-order valence-corrected chi connectivity index (χ0v) is 6.37. The second kappa shape index (κ2) is 3.37. The molecule has 56 valence electrons. The lowest BCUT2D eigenvalue weighted by Crippen LogP contribution is -2.02. The molecule has 1 aromatic rings. The van der Waals surface area contributed by atoms with Gasteiger partial charge in [0.05, 0.1) is 12.3 Å². The van der Waals surface area contributed by atoms with Gasteiger partial charge >= 0.3 is 0 Å². The van der Waals surface area contributed by atoms with E-state index in [1.165, 1.54) is 0 Å². The summed E-state index contributed by atoms with van der Waals surface area (Å²) >= 11 is 0. The van der Waals surface area contributed by atoms with Crippen LogP contribution >= 0.6 is 0 Å². The Morgan fingerprint density at radius 1 is 1.70 bits per heavy atom. The van der Waals surface area contributed by atoms with E-state index in [1.807, 2.05) is 10.7 Å². The number of methoxy groups -OCH3 is 1. The second-order valence-corrected chi connectivity index (χ2v) is 2.07. The minimum absolute atomic E-state index is 0.647. The van der Waals surface area contributed by atoms with Crippen molar-refractivity contribution in [2.45, 2.75) is 20.1 Å². The molecule has 0 radical (unpaired) electrons. The predicted octanol–water partition coefficient (Wildman–Crippen LogP) is 1.05. The van der Waals surface area contributed by atoms with Crippen molar-refractivity contribution >= 4 is 0 Å². The van der Waals surface area contributed by atoms with Crippen LogP contribution in [0.25, 0.3) is 0 Å². The molecular formula is C7H12N2O. The molecule has 10 heavy (non-hydrogen) atoms. The summed E-state index contributed by atoms with van der Waals surface area (Å²) in [5, 5.41) is 4.09. The minimum Gasteiger partial charge on any atom is -0.378 e. The predicted molar refractivity (Wildman–Crippen MR) is 38.6 cm³/mol. The van der Waals surface area contributed by atoms with Crippen molar-refractivity contribution in [3.8, 4) is 0 Å². The molecule has 1 heterocycles. The van der Waals surface area contributed by atoms with Crippen molar-refractivity contribution in [3.63, 3.8) is 0 Å². The molecule has 3 nitrogen and oxygen atoms in total. The number of aryl methyl sites for hydroxylation is 1. The van der Waals surface area contributed by atoms with Crippen LogP contribution < -0.4 is 0 Å². The third kappa shape index (κ3) is 1.36. The van der Waals surface area contributed by atoms with E-state index in [2.05, 4.69) is 12.0 Å². The molecule has 0 saturated heterocycles. The lowest BCUT2D eigenvalue weighted by Gasteiger charge is -2.01. The fourth-order valence-electron chi connectivity index (χ4n) is 0.915. The average molecular weight is 140 g/mol. The van der Waals surface area contributed by atoms with Gasteiger partial charge in [0.1, 0.15) is 0 Å². The van der Waals surface area contributed by atoms with E-state index in [0.29, 0.717) is 6.61 Å². The quantitative estimate of drug-likeness (QED) is 0.627. The molecule has 3 heteroatoms. The van der Waals surface area contributed by atoms with Crippen LogP contribution in [0.15, 0.2) is 12.3 Å². The van der Waals surface area contributed by atoms with Crippen molar-refractivity contribution in [1.82, 2.24) is 9.78 Å². The highest BCUT2D eigenvalue weighted by Crippen LogP contribution is 1.98. The normalized spacial score (nSPS) is 10.2. The standard InChI is InChI=1S/C7H12N2O/c1-3-9-7(6-10-2)4-5-8-9/h4-5H,3,6H2,1-2H3. The van der Waals surface area contributed by atoms with Crippen LogP contribution in [-0.2, 0) is 17.9 Å². The summed E-state index contributed by atoms with van der Waals surface area (Å²) in [7, 11) is 1.69. The van der Waals surface area contributed by atoms with E-state index in [9.17, 15) is 0 Å². The Morgan fingerprint density at radius 3 is 3.10 bits per heavy atom. The topological polar surface area (TPSA) is 27.1 Å². The van der Waals surface area contributed by atoms with Gasteiger partial charge in [0.2, 0.25) is 0 Å². The SMILES string of the molecule is CCn1nccc1COC. The summed E-state index contributed by atoms with van der Waals surface area (Å²) < 4.78 is 6.89. The first kappa shape index (κ1) is 7.28. The van der Waals surface area contributed by atoms with Gasteiger partial charge in [0.25, 0.3) is 0 Å². The van der Waals surface area contributed by atoms with Gasteiger partial charge in [-0.25, -0.2) is 0 Å². The molecule has 0 atom stereocenters. The van der Waals surface area contributed by atoms with E-state index < -0.39 is 0 Å². The maximum Gasteiger partial charge on any atom is 0.0880 e. The van der Waals surface area contributed by atoms with Crippen molar-refractivity contribution in [3.05, 3.63) is 18.0 Å². The largest absolute Gasteiger partial charge is 0.378 e. The van der Waals surface area contributed by atoms with Gasteiger partial charge in [-0.3, -0.25) is 4.68 Å². The van der Waals surface area contributed by atoms with E-state index in [4.69, 9.17) is 4.74 Å². The van der Waals surface area contributed by atoms with E-state index in [1.54, 1.807) is 13.3 Å². The molecule has 0 spiro atoms. The monoisotopic (exact) mass is 140 g/mol. The maximum atomic E-state index is 4.97. The molecule has 0 aliphatic carbocycles. The van der Waals surface area contributed by atoms with Crippen molar-refractivity contribution in [2.24, 2.45) is 0 Å². The highest BCUT2D eigenvalue weighted by molar-refractivity contribution is 4.98. The molecule has 0 aliphatic heterocycles. The van der Waals surface area contributed by atoms with E-state index >= 15 is 0 Å². The highest BCUT2D eigenvalue weighted by Gasteiger charge is 1.97. The van der Waals surface area contributed by atoms with Crippen LogP contribution in [0.2, 0.25) is 0 Å². The van der Waals surface area contributed by atoms with Gasteiger partial charge in [-0.2, -0.15) is 5.10 Å². The molecule has 1 aromatic heterocycles. The fraction of sp³-hybridized carbons (Fsp3) is 0.571. The number of nitrogens with zero attached hydrogens (tertiary/aromatic N) is 2. The smallest absolute Gasteiger partial charge is 0.0880 e. The molecule has 0 unspecified atom stereocenters. The summed E-state index contributed by atoms with van der Waals surface area (Å²) in [5.74, 6) is 0. The zero-order valence-electron chi connectivity index (χ0n) is 6.37. The first-order chi connectivity index (χ1) is 4.88. The fourth-order valence-corrected chi connectivity index (χ4v) is 0.915. The van der Waals surface area contributed by atoms with Crippen LogP contribution in [-0.4, -0.2) is 16.9 Å². The van der Waals surface area contributed by atoms with Gasteiger partial charge in [-0.15, -0.1) is 0 Å². The Morgan fingerprint density at radius 2 is 2.50 bits per heavy atom. The third-order valence-electron chi connectivity index (χ3n) is 1.40. The average Bonchev–Trinajstić information content (AvgIpc) is 2.36. The molecule has 0 bridgehead atoms. The first-order valence-corrected chi connectivity index (χ1v) is 3.38. The van der Waals surface area contributed by atoms with Crippen LogP contribution in [0.1, 0.15) is 12.6 Å². The Labute approximate surface area is 60.6 Å². The molecule has 0 fully saturated rings. The zero-order chi connectivity index (χ0) is 7.40. The Bertz CT molecular complexity index is 195. The highest BCUT2D eigenvalue weighted by atomic mass is 16.5. The van der Waals surface area contributed by atoms with Gasteiger partial charge in [0, 0.05) is 19.9 Å². The summed E-state index contributed by atoms with van der Waals surface area (Å²) in [6.45, 7) is 3.62. The van der Waals surface area contributed by atoms with Crippen molar-refractivity contribution in [2.75, 3.05) is 7.11 Å². The number of hydrogen-bond acceptors (Lipinski definition) is 2. The number of aromatic nitrogens is 2. The molecule has 1 rings (SSSR count). The summed E-state index contributed by atoms with van der Waals surface area (Å²) in [6, 6.07) is 1.97. The molecule has 0 N–H and O–H groups in total. The van der Waals surface area contributed by atoms with Gasteiger partial charge in [-0.1, -0.05) is 0 Å². The van der Waals surface area contributed by atoms with Crippen molar-refractivity contribution < 1.29 is 4.74 Å². The summed E-state index contributed by atoms with van der Waals surface area (Å²) in [5.41, 5.74) is 1.13. The lowest BCUT2D eigenvalue weighted by atomic mass is 10.4. The first-order valence-electron chi connectivity index (χ1n) is 3.38. The summed E-state index contributed by atoms with van der Waals surface area (Å²) in [4.78, 5) is 0. The van der Waals surface area contributed by atoms with Crippen molar-refractivity contribution in [1.29, 1.82) is 0 Å². The van der Waals surface area contributed by atoms with Crippen LogP contribution in [0, 0.1) is 0 Å². The van der Waals surface area contributed by atoms with Gasteiger partial charge < -0.3 is 4.74 Å². The number of rotatable bonds is 3. The number of hydrogen-bond donors (Lipinski definition) is 0. The van der Waals surface area contributed by atoms with Crippen LogP contribution in [0.3, 0.4) is 0 Å². The Hall–Kier alpha value is -0.830. The second-order valence-electron chi connectivity index (χ2n) is 2.07. The van der Waals surface area contributed by atoms with Gasteiger partial charge in [0.15, 0.2) is 0 Å². The molecular weight excluding hydrogens is 128 g/mol. The summed E-state index contributed by atoms with van der Waals surface area (Å²) in [6.07, 6.45) is 1.79. The van der Waals surface area contributed by atoms with E-state index in [-0.39, 0.29) is 0 Å². The van der Waals surface area contributed by atoms with E-state index in [0.717, 1.165) is 12.2 Å². The maximum absolute atomic E-state index is 4.97. The lowest BCUT2D eigenvalue weighted by molar-refractivity contribution is 0.177. The molecule has 0 aromatic carbocycles. The minimum atomic E-state index is 0.647. The third-order valence-corrected chi connectivity index (χ3v) is 1.40. The number of ether oxygens (including phenoxy) is 1. The Balaban J connectivity index is 2.70. The molecule has 0 aliphatic rings. The van der Waals surface area contributed by atoms with Crippen LogP contribution in [0.5, 0.6) is 0 Å². The molecule has 0 saturated carbocycles. The van der Waals surface area contributed by atoms with Gasteiger partial charge in [-0.05, 0) is 13.0 Å². The molecule has 0 amide bonds.